The van der Waals surface area contributed by atoms with Crippen LogP contribution in [0.3, 0.4) is 0 Å². The van der Waals surface area contributed by atoms with Gasteiger partial charge in [-0.2, -0.15) is 0 Å². The van der Waals surface area contributed by atoms with Crippen LogP contribution in [-0.2, 0) is 9.53 Å². The molecule has 1 N–H and O–H groups in total. The molecule has 1 fully saturated rings. The van der Waals surface area contributed by atoms with E-state index in [2.05, 4.69) is 5.32 Å². The average molecular weight is 372 g/mol. The molecule has 4 rings (SSSR count). The standard InChI is InChI=1S/C19H17FN2O5/c1-11-17(27-16-5-3-2-4-15(16)26-11)18(23)21-14-10-12(6-7-13(14)20)22-8-9-25-19(22)24/h2-7,10-11,17H,8-9H2,1H3,(H,21,23)/t11-,17-/m1/s1. The lowest BCUT2D eigenvalue weighted by Gasteiger charge is -2.31. The van der Waals surface area contributed by atoms with Crippen molar-refractivity contribution < 1.29 is 28.2 Å². The number of hydrogen-bond donors (Lipinski definition) is 1. The maximum absolute atomic E-state index is 14.2. The van der Waals surface area contributed by atoms with Crippen molar-refractivity contribution in [3.05, 3.63) is 48.3 Å². The molecule has 1 saturated heterocycles. The molecule has 0 aliphatic carbocycles. The minimum Gasteiger partial charge on any atom is -0.482 e. The number of hydrogen-bond acceptors (Lipinski definition) is 5. The lowest BCUT2D eigenvalue weighted by atomic mass is 10.1. The highest BCUT2D eigenvalue weighted by Gasteiger charge is 2.34. The Kier molecular flexibility index (Phi) is 4.31. The summed E-state index contributed by atoms with van der Waals surface area (Å²) in [4.78, 5) is 25.7. The molecule has 7 nitrogen and oxygen atoms in total. The molecule has 2 atom stereocenters. The molecule has 0 radical (unpaired) electrons. The molecule has 27 heavy (non-hydrogen) atoms. The lowest BCUT2D eigenvalue weighted by Crippen LogP contribution is -2.46. The van der Waals surface area contributed by atoms with Gasteiger partial charge in [0, 0.05) is 5.69 Å². The number of fused-ring (bicyclic) bond motifs is 1. The van der Waals surface area contributed by atoms with Crippen LogP contribution in [-0.4, -0.2) is 37.4 Å². The normalized spacial score (nSPS) is 21.0. The number of para-hydroxylation sites is 2. The summed E-state index contributed by atoms with van der Waals surface area (Å²) in [6.07, 6.45) is -2.01. The number of cyclic esters (lactones) is 1. The Hall–Kier alpha value is -3.29. The molecule has 2 aromatic carbocycles. The molecule has 2 aliphatic heterocycles. The van der Waals surface area contributed by atoms with Crippen molar-refractivity contribution in [3.8, 4) is 11.5 Å². The molecular weight excluding hydrogens is 355 g/mol. The summed E-state index contributed by atoms with van der Waals surface area (Å²) in [6, 6.07) is 11.1. The van der Waals surface area contributed by atoms with Gasteiger partial charge in [-0.3, -0.25) is 9.69 Å². The summed E-state index contributed by atoms with van der Waals surface area (Å²) >= 11 is 0. The van der Waals surface area contributed by atoms with Crippen LogP contribution in [0.4, 0.5) is 20.6 Å². The van der Waals surface area contributed by atoms with Gasteiger partial charge in [0.05, 0.1) is 12.2 Å². The summed E-state index contributed by atoms with van der Waals surface area (Å²) < 4.78 is 30.5. The molecule has 2 aliphatic rings. The van der Waals surface area contributed by atoms with Gasteiger partial charge in [-0.05, 0) is 37.3 Å². The fourth-order valence-corrected chi connectivity index (χ4v) is 3.02. The lowest BCUT2D eigenvalue weighted by molar-refractivity contribution is -0.128. The first kappa shape index (κ1) is 17.1. The largest absolute Gasteiger partial charge is 0.482 e. The van der Waals surface area contributed by atoms with Crippen LogP contribution in [0.5, 0.6) is 11.5 Å². The highest BCUT2D eigenvalue weighted by Crippen LogP contribution is 2.34. The van der Waals surface area contributed by atoms with Crippen molar-refractivity contribution in [2.24, 2.45) is 0 Å². The number of nitrogens with one attached hydrogen (secondary N) is 1. The third kappa shape index (κ3) is 3.25. The number of carbonyl (C=O) groups is 2. The van der Waals surface area contributed by atoms with Crippen molar-refractivity contribution >= 4 is 23.4 Å². The zero-order valence-corrected chi connectivity index (χ0v) is 14.5. The average Bonchev–Trinajstić information content (AvgIpc) is 3.09. The summed E-state index contributed by atoms with van der Waals surface area (Å²) in [5.74, 6) is -0.166. The number of rotatable bonds is 3. The first-order chi connectivity index (χ1) is 13.0. The summed E-state index contributed by atoms with van der Waals surface area (Å²) in [6.45, 7) is 2.33. The Balaban J connectivity index is 1.53. The third-order valence-corrected chi connectivity index (χ3v) is 4.38. The van der Waals surface area contributed by atoms with Crippen molar-refractivity contribution in [1.82, 2.24) is 0 Å². The van der Waals surface area contributed by atoms with E-state index >= 15 is 0 Å². The topological polar surface area (TPSA) is 77.1 Å². The Bertz CT molecular complexity index is 903. The number of carbonyl (C=O) groups excluding carboxylic acids is 2. The van der Waals surface area contributed by atoms with E-state index in [1.54, 1.807) is 31.2 Å². The number of nitrogens with zero attached hydrogens (tertiary/aromatic N) is 1. The van der Waals surface area contributed by atoms with Gasteiger partial charge in [-0.15, -0.1) is 0 Å². The Morgan fingerprint density at radius 3 is 2.63 bits per heavy atom. The predicted octanol–water partition coefficient (Wildman–Crippen LogP) is 2.95. The number of benzene rings is 2. The summed E-state index contributed by atoms with van der Waals surface area (Å²) in [7, 11) is 0. The Labute approximate surface area is 154 Å². The number of halogens is 1. The van der Waals surface area contributed by atoms with Crippen molar-refractivity contribution in [1.29, 1.82) is 0 Å². The third-order valence-electron chi connectivity index (χ3n) is 4.38. The number of amides is 2. The zero-order chi connectivity index (χ0) is 19.0. The van der Waals surface area contributed by atoms with Gasteiger partial charge in [-0.25, -0.2) is 9.18 Å². The Morgan fingerprint density at radius 2 is 1.93 bits per heavy atom. The van der Waals surface area contributed by atoms with Gasteiger partial charge in [0.25, 0.3) is 5.91 Å². The second-order valence-corrected chi connectivity index (χ2v) is 6.23. The minimum absolute atomic E-state index is 0.0492. The van der Waals surface area contributed by atoms with Gasteiger partial charge in [0.15, 0.2) is 11.5 Å². The highest BCUT2D eigenvalue weighted by atomic mass is 19.1. The molecule has 2 amide bonds. The number of ether oxygens (including phenoxy) is 3. The maximum atomic E-state index is 14.2. The quantitative estimate of drug-likeness (QED) is 0.896. The molecule has 0 spiro atoms. The van der Waals surface area contributed by atoms with Gasteiger partial charge in [0.2, 0.25) is 6.10 Å². The van der Waals surface area contributed by atoms with E-state index < -0.39 is 30.0 Å². The zero-order valence-electron chi connectivity index (χ0n) is 14.5. The van der Waals surface area contributed by atoms with Crippen LogP contribution in [0.25, 0.3) is 0 Å². The molecule has 0 bridgehead atoms. The van der Waals surface area contributed by atoms with Crippen LogP contribution < -0.4 is 19.7 Å². The molecule has 140 valence electrons. The van der Waals surface area contributed by atoms with E-state index in [-0.39, 0.29) is 12.3 Å². The van der Waals surface area contributed by atoms with Crippen LogP contribution in [0.1, 0.15) is 6.92 Å². The fraction of sp³-hybridized carbons (Fsp3) is 0.263. The number of anilines is 2. The van der Waals surface area contributed by atoms with Gasteiger partial charge in [0.1, 0.15) is 18.5 Å². The molecule has 2 heterocycles. The van der Waals surface area contributed by atoms with Gasteiger partial charge >= 0.3 is 6.09 Å². The van der Waals surface area contributed by atoms with E-state index in [4.69, 9.17) is 14.2 Å². The molecule has 0 unspecified atom stereocenters. The van der Waals surface area contributed by atoms with Crippen LogP contribution in [0.15, 0.2) is 42.5 Å². The van der Waals surface area contributed by atoms with Crippen LogP contribution in [0.2, 0.25) is 0 Å². The van der Waals surface area contributed by atoms with E-state index in [0.29, 0.717) is 23.7 Å². The smallest absolute Gasteiger partial charge is 0.414 e. The first-order valence-electron chi connectivity index (χ1n) is 8.50. The minimum atomic E-state index is -0.945. The van der Waals surface area contributed by atoms with E-state index in [0.717, 1.165) is 0 Å². The van der Waals surface area contributed by atoms with Crippen LogP contribution >= 0.6 is 0 Å². The van der Waals surface area contributed by atoms with Gasteiger partial charge < -0.3 is 19.5 Å². The molecule has 2 aromatic rings. The van der Waals surface area contributed by atoms with Crippen molar-refractivity contribution in [3.63, 3.8) is 0 Å². The first-order valence-corrected chi connectivity index (χ1v) is 8.50. The summed E-state index contributed by atoms with van der Waals surface area (Å²) in [5.41, 5.74) is 0.389. The highest BCUT2D eigenvalue weighted by molar-refractivity contribution is 5.96. The fourth-order valence-electron chi connectivity index (χ4n) is 3.02. The molecule has 0 aromatic heterocycles. The van der Waals surface area contributed by atoms with Gasteiger partial charge in [-0.1, -0.05) is 12.1 Å². The Morgan fingerprint density at radius 1 is 1.19 bits per heavy atom. The second kappa shape index (κ2) is 6.79. The van der Waals surface area contributed by atoms with E-state index in [1.807, 2.05) is 0 Å². The maximum Gasteiger partial charge on any atom is 0.414 e. The molecule has 8 heteroatoms. The van der Waals surface area contributed by atoms with E-state index in [9.17, 15) is 14.0 Å². The predicted molar refractivity (Wildman–Crippen MR) is 94.7 cm³/mol. The van der Waals surface area contributed by atoms with Crippen molar-refractivity contribution in [2.75, 3.05) is 23.4 Å². The molecular formula is C19H17FN2O5. The van der Waals surface area contributed by atoms with E-state index in [1.165, 1.54) is 23.1 Å². The SMILES string of the molecule is C[C@H]1Oc2ccccc2O[C@H]1C(=O)Nc1cc(N2CCOC2=O)ccc1F. The second-order valence-electron chi connectivity index (χ2n) is 6.23. The summed E-state index contributed by atoms with van der Waals surface area (Å²) in [5, 5.41) is 2.52. The monoisotopic (exact) mass is 372 g/mol. The van der Waals surface area contributed by atoms with Crippen molar-refractivity contribution in [2.45, 2.75) is 19.1 Å². The van der Waals surface area contributed by atoms with Crippen LogP contribution in [0, 0.1) is 5.82 Å². The molecule has 0 saturated carbocycles.